The summed E-state index contributed by atoms with van der Waals surface area (Å²) < 4.78 is 10.6. The van der Waals surface area contributed by atoms with Gasteiger partial charge < -0.3 is 9.47 Å². The molecule has 0 aliphatic carbocycles. The monoisotopic (exact) mass is 358 g/mol. The van der Waals surface area contributed by atoms with E-state index in [0.717, 1.165) is 15.8 Å². The van der Waals surface area contributed by atoms with E-state index in [9.17, 15) is 9.59 Å². The summed E-state index contributed by atoms with van der Waals surface area (Å²) in [6, 6.07) is 5.18. The van der Waals surface area contributed by atoms with Crippen molar-refractivity contribution in [3.63, 3.8) is 0 Å². The van der Waals surface area contributed by atoms with Crippen LogP contribution < -0.4 is 10.1 Å². The van der Waals surface area contributed by atoms with Crippen molar-refractivity contribution in [2.24, 2.45) is 0 Å². The highest BCUT2D eigenvalue weighted by Gasteiger charge is 2.21. The maximum Gasteiger partial charge on any atom is 0.413 e. The summed E-state index contributed by atoms with van der Waals surface area (Å²) in [6.07, 6.45) is -0.764. The van der Waals surface area contributed by atoms with Crippen LogP contribution in [-0.2, 0) is 16.1 Å². The third kappa shape index (κ3) is 5.02. The largest absolute Gasteiger partial charge is 0.496 e. The van der Waals surface area contributed by atoms with Crippen molar-refractivity contribution >= 4 is 27.9 Å². The van der Waals surface area contributed by atoms with Crippen molar-refractivity contribution in [3.8, 4) is 5.75 Å². The maximum absolute atomic E-state index is 11.9. The zero-order valence-electron chi connectivity index (χ0n) is 12.5. The molecule has 0 aliphatic rings. The molecule has 0 saturated carbocycles. The number of amides is 2. The lowest BCUT2D eigenvalue weighted by molar-refractivity contribution is -0.124. The zero-order valence-corrected chi connectivity index (χ0v) is 14.1. The van der Waals surface area contributed by atoms with Crippen LogP contribution in [0.5, 0.6) is 5.75 Å². The minimum Gasteiger partial charge on any atom is -0.496 e. The lowest BCUT2D eigenvalue weighted by atomic mass is 10.1. The molecular formula is C14H19BrN2O4. The Morgan fingerprint density at radius 1 is 1.38 bits per heavy atom. The summed E-state index contributed by atoms with van der Waals surface area (Å²) in [4.78, 5) is 24.7. The zero-order chi connectivity index (χ0) is 16.0. The number of carbonyl (C=O) groups is 2. The van der Waals surface area contributed by atoms with E-state index in [4.69, 9.17) is 4.74 Å². The number of nitrogens with one attached hydrogen (secondary N) is 1. The van der Waals surface area contributed by atoms with E-state index in [1.54, 1.807) is 21.1 Å². The molecule has 0 aliphatic heterocycles. The number of hydrogen-bond acceptors (Lipinski definition) is 5. The number of benzene rings is 1. The van der Waals surface area contributed by atoms with Gasteiger partial charge in [-0.05, 0) is 32.2 Å². The van der Waals surface area contributed by atoms with Crippen LogP contribution in [-0.4, -0.2) is 44.2 Å². The van der Waals surface area contributed by atoms with Gasteiger partial charge in [0.2, 0.25) is 5.91 Å². The predicted molar refractivity (Wildman–Crippen MR) is 82.2 cm³/mol. The van der Waals surface area contributed by atoms with E-state index in [1.807, 2.05) is 23.1 Å². The topological polar surface area (TPSA) is 67.9 Å². The highest BCUT2D eigenvalue weighted by atomic mass is 79.9. The first-order valence-electron chi connectivity index (χ1n) is 6.30. The fourth-order valence-corrected chi connectivity index (χ4v) is 2.14. The van der Waals surface area contributed by atoms with Crippen molar-refractivity contribution in [2.75, 3.05) is 21.3 Å². The molecule has 2 amide bonds. The number of methoxy groups -OCH3 is 2. The van der Waals surface area contributed by atoms with Gasteiger partial charge in [0.05, 0.1) is 20.3 Å². The van der Waals surface area contributed by atoms with Crippen LogP contribution in [0.3, 0.4) is 0 Å². The average molecular weight is 359 g/mol. The summed E-state index contributed by atoms with van der Waals surface area (Å²) in [5.74, 6) is 0.323. The van der Waals surface area contributed by atoms with Crippen LogP contribution in [0.15, 0.2) is 22.7 Å². The summed E-state index contributed by atoms with van der Waals surface area (Å²) in [6.45, 7) is 2.21. The first-order chi connectivity index (χ1) is 9.88. The minimum absolute atomic E-state index is 0.418. The standard InChI is InChI=1S/C14H19BrN2O4/c1-9(13(18)16-14(19)21-4)17(2)8-10-7-11(15)5-6-12(10)20-3/h5-7,9H,8H2,1-4H3,(H,16,18,19)/t9-/m1/s1. The van der Waals surface area contributed by atoms with Crippen molar-refractivity contribution in [1.82, 2.24) is 10.2 Å². The van der Waals surface area contributed by atoms with Gasteiger partial charge in [-0.2, -0.15) is 0 Å². The van der Waals surface area contributed by atoms with Gasteiger partial charge in [-0.15, -0.1) is 0 Å². The number of likely N-dealkylation sites (N-methyl/N-ethyl adjacent to an activating group) is 1. The Bertz CT molecular complexity index is 522. The van der Waals surface area contributed by atoms with Crippen molar-refractivity contribution < 1.29 is 19.1 Å². The summed E-state index contributed by atoms with van der Waals surface area (Å²) in [5, 5.41) is 2.15. The molecule has 116 valence electrons. The molecule has 0 spiro atoms. The van der Waals surface area contributed by atoms with Gasteiger partial charge in [0, 0.05) is 16.6 Å². The molecule has 1 rings (SSSR count). The quantitative estimate of drug-likeness (QED) is 0.873. The van der Waals surface area contributed by atoms with E-state index in [-0.39, 0.29) is 0 Å². The smallest absolute Gasteiger partial charge is 0.413 e. The Hall–Kier alpha value is -1.60. The van der Waals surface area contributed by atoms with Crippen LogP contribution in [0.4, 0.5) is 4.79 Å². The first-order valence-corrected chi connectivity index (χ1v) is 7.09. The molecule has 0 saturated heterocycles. The Morgan fingerprint density at radius 2 is 2.05 bits per heavy atom. The third-order valence-corrected chi connectivity index (χ3v) is 3.61. The second kappa shape index (κ2) is 7.99. The molecule has 0 bridgehead atoms. The second-order valence-electron chi connectivity index (χ2n) is 4.53. The highest BCUT2D eigenvalue weighted by molar-refractivity contribution is 9.10. The summed E-state index contributed by atoms with van der Waals surface area (Å²) >= 11 is 3.41. The van der Waals surface area contributed by atoms with Gasteiger partial charge in [0.25, 0.3) is 0 Å². The number of carbonyl (C=O) groups excluding carboxylic acids is 2. The van der Waals surface area contributed by atoms with Crippen LogP contribution in [0, 0.1) is 0 Å². The fraction of sp³-hybridized carbons (Fsp3) is 0.429. The van der Waals surface area contributed by atoms with Crippen LogP contribution in [0.2, 0.25) is 0 Å². The molecule has 1 atom stereocenters. The van der Waals surface area contributed by atoms with Gasteiger partial charge in [-0.3, -0.25) is 15.0 Å². The van der Waals surface area contributed by atoms with E-state index in [0.29, 0.717) is 6.54 Å². The number of halogens is 1. The van der Waals surface area contributed by atoms with Crippen molar-refractivity contribution in [3.05, 3.63) is 28.2 Å². The van der Waals surface area contributed by atoms with Gasteiger partial charge in [-0.1, -0.05) is 15.9 Å². The van der Waals surface area contributed by atoms with Gasteiger partial charge in [0.1, 0.15) is 5.75 Å². The van der Waals surface area contributed by atoms with E-state index < -0.39 is 18.0 Å². The predicted octanol–water partition coefficient (Wildman–Crippen LogP) is 2.16. The Morgan fingerprint density at radius 3 is 2.62 bits per heavy atom. The molecule has 21 heavy (non-hydrogen) atoms. The molecule has 1 aromatic carbocycles. The Kier molecular flexibility index (Phi) is 6.64. The number of ether oxygens (including phenoxy) is 2. The summed E-state index contributed by atoms with van der Waals surface area (Å²) in [5.41, 5.74) is 0.937. The van der Waals surface area contributed by atoms with Gasteiger partial charge in [-0.25, -0.2) is 4.79 Å². The number of imide groups is 1. The number of hydrogen-bond donors (Lipinski definition) is 1. The second-order valence-corrected chi connectivity index (χ2v) is 5.44. The Labute approximate surface area is 132 Å². The van der Waals surface area contributed by atoms with E-state index in [2.05, 4.69) is 26.0 Å². The van der Waals surface area contributed by atoms with Crippen LogP contribution in [0.25, 0.3) is 0 Å². The van der Waals surface area contributed by atoms with E-state index >= 15 is 0 Å². The highest BCUT2D eigenvalue weighted by Crippen LogP contribution is 2.24. The number of alkyl carbamates (subject to hydrolysis) is 1. The van der Waals surface area contributed by atoms with E-state index in [1.165, 1.54) is 7.11 Å². The Balaban J connectivity index is 2.76. The lowest BCUT2D eigenvalue weighted by Gasteiger charge is -2.24. The molecule has 0 radical (unpaired) electrons. The van der Waals surface area contributed by atoms with Crippen molar-refractivity contribution in [2.45, 2.75) is 19.5 Å². The number of rotatable bonds is 5. The fourth-order valence-electron chi connectivity index (χ4n) is 1.73. The molecular weight excluding hydrogens is 340 g/mol. The molecule has 7 heteroatoms. The van der Waals surface area contributed by atoms with Gasteiger partial charge in [0.15, 0.2) is 0 Å². The van der Waals surface area contributed by atoms with Crippen LogP contribution >= 0.6 is 15.9 Å². The molecule has 0 unspecified atom stereocenters. The summed E-state index contributed by atoms with van der Waals surface area (Å²) in [7, 11) is 4.60. The maximum atomic E-state index is 11.9. The minimum atomic E-state index is -0.764. The first kappa shape index (κ1) is 17.5. The molecule has 0 aromatic heterocycles. The number of nitrogens with zero attached hydrogens (tertiary/aromatic N) is 1. The SMILES string of the molecule is COC(=O)NC(=O)[C@@H](C)N(C)Cc1cc(Br)ccc1OC. The van der Waals surface area contributed by atoms with Crippen LogP contribution in [0.1, 0.15) is 12.5 Å². The van der Waals surface area contributed by atoms with Gasteiger partial charge >= 0.3 is 6.09 Å². The molecule has 0 heterocycles. The molecule has 1 N–H and O–H groups in total. The normalized spacial score (nSPS) is 11.9. The molecule has 0 fully saturated rings. The third-order valence-electron chi connectivity index (χ3n) is 3.11. The van der Waals surface area contributed by atoms with Crippen molar-refractivity contribution in [1.29, 1.82) is 0 Å². The lowest BCUT2D eigenvalue weighted by Crippen LogP contribution is -2.45. The molecule has 1 aromatic rings. The average Bonchev–Trinajstić information content (AvgIpc) is 2.46. The molecule has 6 nitrogen and oxygen atoms in total.